The molecule has 1 aromatic heterocycles. The van der Waals surface area contributed by atoms with Crippen molar-refractivity contribution in [3.05, 3.63) is 79.3 Å². The number of fused-ring (bicyclic) bond motifs is 2. The zero-order valence-corrected chi connectivity index (χ0v) is 19.3. The molecule has 0 aliphatic carbocycles. The van der Waals surface area contributed by atoms with E-state index in [4.69, 9.17) is 33.3 Å². The number of allylic oxidation sites excluding steroid dienone is 1. The Kier molecular flexibility index (Phi) is 6.10. The highest BCUT2D eigenvalue weighted by molar-refractivity contribution is 6.54. The van der Waals surface area contributed by atoms with Gasteiger partial charge in [0.05, 0.1) is 10.9 Å². The summed E-state index contributed by atoms with van der Waals surface area (Å²) >= 11 is 11.3. The number of aromatic nitrogens is 2. The summed E-state index contributed by atoms with van der Waals surface area (Å²) in [5.41, 5.74) is 4.85. The van der Waals surface area contributed by atoms with Gasteiger partial charge in [-0.15, -0.1) is 0 Å². The Balaban J connectivity index is 1.75. The van der Waals surface area contributed by atoms with Gasteiger partial charge in [-0.25, -0.2) is 9.78 Å². The number of rotatable bonds is 4. The first-order valence-corrected chi connectivity index (χ1v) is 10.8. The van der Waals surface area contributed by atoms with E-state index in [9.17, 15) is 14.4 Å². The Bertz CT molecular complexity index is 1450. The molecule has 0 radical (unpaired) electrons. The molecule has 2 N–H and O–H groups in total. The zero-order valence-electron chi connectivity index (χ0n) is 17.8. The lowest BCUT2D eigenvalue weighted by Gasteiger charge is -2.09. The highest BCUT2D eigenvalue weighted by Crippen LogP contribution is 2.29. The number of aliphatic carboxylic acids is 1. The third kappa shape index (κ3) is 4.42. The van der Waals surface area contributed by atoms with E-state index in [1.807, 2.05) is 13.8 Å². The SMILES string of the molecule is Cc1ccc(C)c(C=C2CCn3c2nc2cc(NC(=O)C(Cl)=C(Cl)C(=O)O)ccc2c3=O)c1. The van der Waals surface area contributed by atoms with Crippen LogP contribution in [0.3, 0.4) is 0 Å². The summed E-state index contributed by atoms with van der Waals surface area (Å²) in [7, 11) is 0. The fourth-order valence-corrected chi connectivity index (χ4v) is 3.93. The fourth-order valence-electron chi connectivity index (χ4n) is 3.71. The molecule has 0 saturated carbocycles. The first-order chi connectivity index (χ1) is 15.7. The number of nitrogens with one attached hydrogen (secondary N) is 1. The van der Waals surface area contributed by atoms with E-state index < -0.39 is 21.9 Å². The zero-order chi connectivity index (χ0) is 23.9. The van der Waals surface area contributed by atoms with Crippen LogP contribution in [0.5, 0.6) is 0 Å². The number of benzene rings is 2. The molecular formula is C24H19Cl2N3O4. The maximum Gasteiger partial charge on any atom is 0.349 e. The maximum absolute atomic E-state index is 13.0. The Labute approximate surface area is 199 Å². The lowest BCUT2D eigenvalue weighted by atomic mass is 10.0. The molecule has 0 saturated heterocycles. The van der Waals surface area contributed by atoms with Crippen LogP contribution < -0.4 is 10.9 Å². The van der Waals surface area contributed by atoms with E-state index in [-0.39, 0.29) is 5.56 Å². The van der Waals surface area contributed by atoms with Gasteiger partial charge < -0.3 is 10.4 Å². The van der Waals surface area contributed by atoms with Gasteiger partial charge in [0.1, 0.15) is 15.9 Å². The van der Waals surface area contributed by atoms with Gasteiger partial charge in [-0.2, -0.15) is 0 Å². The second-order valence-corrected chi connectivity index (χ2v) is 8.55. The predicted octanol–water partition coefficient (Wildman–Crippen LogP) is 4.67. The first-order valence-electron chi connectivity index (χ1n) is 10.1. The molecule has 0 unspecified atom stereocenters. The number of hydrogen-bond donors (Lipinski definition) is 2. The molecule has 4 rings (SSSR count). The van der Waals surface area contributed by atoms with Crippen molar-refractivity contribution in [1.29, 1.82) is 0 Å². The van der Waals surface area contributed by atoms with Crippen molar-refractivity contribution in [2.75, 3.05) is 5.32 Å². The largest absolute Gasteiger partial charge is 0.477 e. The van der Waals surface area contributed by atoms with Crippen LogP contribution in [0.2, 0.25) is 0 Å². The number of halogens is 2. The summed E-state index contributed by atoms with van der Waals surface area (Å²) < 4.78 is 1.66. The Hall–Kier alpha value is -3.42. The third-order valence-electron chi connectivity index (χ3n) is 5.45. The van der Waals surface area contributed by atoms with Crippen LogP contribution in [-0.4, -0.2) is 26.5 Å². The maximum atomic E-state index is 13.0. The van der Waals surface area contributed by atoms with Crippen molar-refractivity contribution in [3.8, 4) is 0 Å². The van der Waals surface area contributed by atoms with E-state index >= 15 is 0 Å². The number of hydrogen-bond acceptors (Lipinski definition) is 4. The molecule has 1 aliphatic rings. The number of carboxylic acid groups (broad SMARTS) is 1. The minimum atomic E-state index is -1.51. The lowest BCUT2D eigenvalue weighted by molar-refractivity contribution is -0.132. The highest BCUT2D eigenvalue weighted by atomic mass is 35.5. The van der Waals surface area contributed by atoms with Crippen LogP contribution in [0, 0.1) is 13.8 Å². The van der Waals surface area contributed by atoms with Crippen LogP contribution in [0.4, 0.5) is 5.69 Å². The van der Waals surface area contributed by atoms with Crippen LogP contribution in [-0.2, 0) is 16.1 Å². The molecule has 7 nitrogen and oxygen atoms in total. The molecule has 0 atom stereocenters. The van der Waals surface area contributed by atoms with Gasteiger partial charge >= 0.3 is 5.97 Å². The second kappa shape index (κ2) is 8.84. The topological polar surface area (TPSA) is 101 Å². The summed E-state index contributed by atoms with van der Waals surface area (Å²) in [6.07, 6.45) is 2.74. The molecule has 168 valence electrons. The van der Waals surface area contributed by atoms with Crippen molar-refractivity contribution < 1.29 is 14.7 Å². The summed E-state index contributed by atoms with van der Waals surface area (Å²) in [6.45, 7) is 4.61. The monoisotopic (exact) mass is 483 g/mol. The van der Waals surface area contributed by atoms with Crippen molar-refractivity contribution in [2.24, 2.45) is 0 Å². The smallest absolute Gasteiger partial charge is 0.349 e. The van der Waals surface area contributed by atoms with Crippen molar-refractivity contribution >= 4 is 63.3 Å². The van der Waals surface area contributed by atoms with Crippen LogP contribution >= 0.6 is 23.2 Å². The quantitative estimate of drug-likeness (QED) is 0.525. The van der Waals surface area contributed by atoms with Crippen molar-refractivity contribution in [2.45, 2.75) is 26.8 Å². The summed E-state index contributed by atoms with van der Waals surface area (Å²) in [5.74, 6) is -1.80. The van der Waals surface area contributed by atoms with E-state index in [1.54, 1.807) is 16.7 Å². The van der Waals surface area contributed by atoms with Gasteiger partial charge in [-0.1, -0.05) is 47.0 Å². The average molecular weight is 484 g/mol. The Morgan fingerprint density at radius 3 is 2.61 bits per heavy atom. The van der Waals surface area contributed by atoms with Gasteiger partial charge in [0, 0.05) is 12.2 Å². The molecule has 2 aromatic carbocycles. The summed E-state index contributed by atoms with van der Waals surface area (Å²) in [4.78, 5) is 40.9. The van der Waals surface area contributed by atoms with Crippen LogP contribution in [0.1, 0.15) is 28.9 Å². The second-order valence-electron chi connectivity index (χ2n) is 7.79. The fraction of sp³-hybridized carbons (Fsp3) is 0.167. The predicted molar refractivity (Wildman–Crippen MR) is 129 cm³/mol. The number of nitrogens with zero attached hydrogens (tertiary/aromatic N) is 2. The standard InChI is InChI=1S/C24H19Cl2N3O4/c1-12-3-4-13(2)15(9-12)10-14-7-8-29-21(14)28-18-11-16(5-6-17(18)23(29)31)27-22(30)19(25)20(26)24(32)33/h3-6,9-11H,7-8H2,1-2H3,(H,27,30)(H,32,33). The minimum Gasteiger partial charge on any atom is -0.477 e. The van der Waals surface area contributed by atoms with Crippen LogP contribution in [0.15, 0.2) is 51.3 Å². The summed E-state index contributed by atoms with van der Waals surface area (Å²) in [5, 5.41) is 10.3. The van der Waals surface area contributed by atoms with Gasteiger partial charge in [-0.05, 0) is 61.2 Å². The van der Waals surface area contributed by atoms with Gasteiger partial charge in [0.2, 0.25) is 0 Å². The summed E-state index contributed by atoms with van der Waals surface area (Å²) in [6, 6.07) is 10.8. The normalized spacial score (nSPS) is 14.8. The van der Waals surface area contributed by atoms with Gasteiger partial charge in [0.25, 0.3) is 11.5 Å². The molecule has 9 heteroatoms. The minimum absolute atomic E-state index is 0.163. The molecule has 1 aliphatic heterocycles. The first kappa shape index (κ1) is 22.8. The molecule has 3 aromatic rings. The Morgan fingerprint density at radius 1 is 1.12 bits per heavy atom. The molecule has 0 fully saturated rings. The highest BCUT2D eigenvalue weighted by Gasteiger charge is 2.22. The van der Waals surface area contributed by atoms with E-state index in [0.29, 0.717) is 35.4 Å². The molecule has 2 heterocycles. The average Bonchev–Trinajstić information content (AvgIpc) is 3.17. The molecule has 1 amide bonds. The molecule has 33 heavy (non-hydrogen) atoms. The van der Waals surface area contributed by atoms with E-state index in [1.165, 1.54) is 6.07 Å². The number of amides is 1. The number of aryl methyl sites for hydroxylation is 2. The molecule has 0 bridgehead atoms. The Morgan fingerprint density at radius 2 is 1.88 bits per heavy atom. The van der Waals surface area contributed by atoms with Crippen molar-refractivity contribution in [3.63, 3.8) is 0 Å². The van der Waals surface area contributed by atoms with E-state index in [2.05, 4.69) is 29.6 Å². The number of anilines is 1. The third-order valence-corrected chi connectivity index (χ3v) is 6.26. The van der Waals surface area contributed by atoms with Gasteiger partial charge in [0.15, 0.2) is 0 Å². The van der Waals surface area contributed by atoms with Crippen molar-refractivity contribution in [1.82, 2.24) is 9.55 Å². The molecule has 0 spiro atoms. The molecular weight excluding hydrogens is 465 g/mol. The number of carboxylic acids is 1. The van der Waals surface area contributed by atoms with Crippen LogP contribution in [0.25, 0.3) is 22.6 Å². The lowest BCUT2D eigenvalue weighted by Crippen LogP contribution is -2.21. The number of carbonyl (C=O) groups is 2. The van der Waals surface area contributed by atoms with Gasteiger partial charge in [-0.3, -0.25) is 14.2 Å². The van der Waals surface area contributed by atoms with E-state index in [0.717, 1.165) is 22.3 Å². The number of carbonyl (C=O) groups excluding carboxylic acids is 1.